The fraction of sp³-hybridized carbons (Fsp3) is 0.611. The first-order chi connectivity index (χ1) is 10.0. The van der Waals surface area contributed by atoms with Gasteiger partial charge in [-0.05, 0) is 44.1 Å². The lowest BCUT2D eigenvalue weighted by atomic mass is 9.64. The first kappa shape index (κ1) is 16.0. The molecule has 116 valence electrons. The second-order valence-electron chi connectivity index (χ2n) is 6.70. The molecule has 2 N–H and O–H groups in total. The molecule has 1 fully saturated rings. The van der Waals surface area contributed by atoms with Crippen molar-refractivity contribution in [2.45, 2.75) is 52.1 Å². The Morgan fingerprint density at radius 2 is 1.95 bits per heavy atom. The summed E-state index contributed by atoms with van der Waals surface area (Å²) in [5.41, 5.74) is 1.04. The Balaban J connectivity index is 1.89. The van der Waals surface area contributed by atoms with E-state index in [1.807, 2.05) is 18.2 Å². The largest absolute Gasteiger partial charge is 0.393 e. The van der Waals surface area contributed by atoms with Gasteiger partial charge in [-0.3, -0.25) is 4.79 Å². The van der Waals surface area contributed by atoms with Crippen LogP contribution < -0.4 is 5.32 Å². The molecule has 0 bridgehead atoms. The number of aliphatic hydroxyl groups is 1. The Labute approximate surface area is 127 Å². The average Bonchev–Trinajstić information content (AvgIpc) is 2.40. The molecule has 2 rings (SSSR count). The van der Waals surface area contributed by atoms with Crippen molar-refractivity contribution in [3.63, 3.8) is 0 Å². The lowest BCUT2D eigenvalue weighted by Gasteiger charge is -2.40. The predicted octanol–water partition coefficient (Wildman–Crippen LogP) is 2.92. The van der Waals surface area contributed by atoms with Crippen LogP contribution in [0.2, 0.25) is 0 Å². The third-order valence-corrected chi connectivity index (χ3v) is 4.53. The number of carbonyl (C=O) groups is 1. The van der Waals surface area contributed by atoms with Gasteiger partial charge in [-0.25, -0.2) is 0 Å². The number of benzene rings is 1. The van der Waals surface area contributed by atoms with E-state index < -0.39 is 0 Å². The van der Waals surface area contributed by atoms with Crippen molar-refractivity contribution in [2.24, 2.45) is 11.3 Å². The number of aliphatic hydroxyl groups excluding tert-OH is 1. The van der Waals surface area contributed by atoms with Gasteiger partial charge in [0.1, 0.15) is 0 Å². The summed E-state index contributed by atoms with van der Waals surface area (Å²) in [5.74, 6) is 0.498. The summed E-state index contributed by atoms with van der Waals surface area (Å²) >= 11 is 0. The quantitative estimate of drug-likeness (QED) is 0.811. The molecule has 1 aromatic rings. The number of amides is 1. The smallest absolute Gasteiger partial charge is 0.226 e. The summed E-state index contributed by atoms with van der Waals surface area (Å²) in [4.78, 5) is 12.6. The number of rotatable bonds is 7. The lowest BCUT2D eigenvalue weighted by molar-refractivity contribution is -0.136. The molecule has 0 aliphatic heterocycles. The van der Waals surface area contributed by atoms with Gasteiger partial charge in [0, 0.05) is 6.54 Å². The van der Waals surface area contributed by atoms with Crippen molar-refractivity contribution in [3.8, 4) is 0 Å². The minimum Gasteiger partial charge on any atom is -0.393 e. The highest BCUT2D eigenvalue weighted by Crippen LogP contribution is 2.44. The molecule has 1 aromatic carbocycles. The SMILES string of the molecule is CC(O)CC(C)CNC(=O)C1(Cc2ccccc2)CCC1. The van der Waals surface area contributed by atoms with Gasteiger partial charge >= 0.3 is 0 Å². The molecule has 3 heteroatoms. The van der Waals surface area contributed by atoms with Crippen LogP contribution in [0.4, 0.5) is 0 Å². The molecule has 1 saturated carbocycles. The summed E-state index contributed by atoms with van der Waals surface area (Å²) in [6.45, 7) is 4.51. The molecule has 2 atom stereocenters. The van der Waals surface area contributed by atoms with Crippen molar-refractivity contribution >= 4 is 5.91 Å². The van der Waals surface area contributed by atoms with Gasteiger partial charge in [-0.15, -0.1) is 0 Å². The first-order valence-corrected chi connectivity index (χ1v) is 8.02. The zero-order valence-electron chi connectivity index (χ0n) is 13.1. The van der Waals surface area contributed by atoms with E-state index in [-0.39, 0.29) is 17.4 Å². The molecule has 3 nitrogen and oxygen atoms in total. The van der Waals surface area contributed by atoms with E-state index in [0.717, 1.165) is 32.1 Å². The van der Waals surface area contributed by atoms with Gasteiger partial charge in [0.15, 0.2) is 0 Å². The number of nitrogens with one attached hydrogen (secondary N) is 1. The van der Waals surface area contributed by atoms with Crippen molar-refractivity contribution in [2.75, 3.05) is 6.54 Å². The molecular formula is C18H27NO2. The molecule has 0 radical (unpaired) electrons. The maximum Gasteiger partial charge on any atom is 0.226 e. The van der Waals surface area contributed by atoms with E-state index in [1.165, 1.54) is 5.56 Å². The van der Waals surface area contributed by atoms with E-state index in [9.17, 15) is 9.90 Å². The molecule has 1 aliphatic carbocycles. The highest BCUT2D eigenvalue weighted by Gasteiger charge is 2.43. The second kappa shape index (κ2) is 7.08. The number of hydrogen-bond acceptors (Lipinski definition) is 2. The number of hydrogen-bond donors (Lipinski definition) is 2. The molecule has 1 amide bonds. The first-order valence-electron chi connectivity index (χ1n) is 8.02. The maximum absolute atomic E-state index is 12.6. The minimum atomic E-state index is -0.307. The van der Waals surface area contributed by atoms with Gasteiger partial charge < -0.3 is 10.4 Å². The average molecular weight is 289 g/mol. The van der Waals surface area contributed by atoms with Crippen molar-refractivity contribution in [3.05, 3.63) is 35.9 Å². The Hall–Kier alpha value is -1.35. The lowest BCUT2D eigenvalue weighted by Crippen LogP contribution is -2.48. The van der Waals surface area contributed by atoms with Gasteiger partial charge in [0.05, 0.1) is 11.5 Å². The maximum atomic E-state index is 12.6. The Morgan fingerprint density at radius 1 is 1.29 bits per heavy atom. The van der Waals surface area contributed by atoms with Crippen LogP contribution in [0.5, 0.6) is 0 Å². The molecule has 0 saturated heterocycles. The van der Waals surface area contributed by atoms with E-state index >= 15 is 0 Å². The third kappa shape index (κ3) is 4.31. The van der Waals surface area contributed by atoms with Crippen LogP contribution in [-0.4, -0.2) is 23.7 Å². The highest BCUT2D eigenvalue weighted by atomic mass is 16.3. The topological polar surface area (TPSA) is 49.3 Å². The summed E-state index contributed by atoms with van der Waals surface area (Å²) in [6.07, 6.45) is 4.37. The van der Waals surface area contributed by atoms with E-state index in [0.29, 0.717) is 12.5 Å². The Kier molecular flexibility index (Phi) is 5.40. The van der Waals surface area contributed by atoms with Crippen molar-refractivity contribution < 1.29 is 9.90 Å². The summed E-state index contributed by atoms with van der Waals surface area (Å²) < 4.78 is 0. The van der Waals surface area contributed by atoms with Crippen LogP contribution >= 0.6 is 0 Å². The zero-order chi connectivity index (χ0) is 15.3. The van der Waals surface area contributed by atoms with Gasteiger partial charge in [-0.2, -0.15) is 0 Å². The van der Waals surface area contributed by atoms with E-state index in [2.05, 4.69) is 24.4 Å². The molecule has 0 aromatic heterocycles. The molecular weight excluding hydrogens is 262 g/mol. The Morgan fingerprint density at radius 3 is 2.48 bits per heavy atom. The fourth-order valence-electron chi connectivity index (χ4n) is 3.19. The van der Waals surface area contributed by atoms with Crippen LogP contribution in [0, 0.1) is 11.3 Å². The standard InChI is InChI=1S/C18H27NO2/c1-14(11-15(2)20)13-19-17(21)18(9-6-10-18)12-16-7-4-3-5-8-16/h3-5,7-8,14-15,20H,6,9-13H2,1-2H3,(H,19,21). The van der Waals surface area contributed by atoms with Crippen LogP contribution in [0.1, 0.15) is 45.1 Å². The van der Waals surface area contributed by atoms with Crippen molar-refractivity contribution in [1.82, 2.24) is 5.32 Å². The predicted molar refractivity (Wildman–Crippen MR) is 84.9 cm³/mol. The molecule has 21 heavy (non-hydrogen) atoms. The molecule has 2 unspecified atom stereocenters. The van der Waals surface area contributed by atoms with Gasteiger partial charge in [0.25, 0.3) is 0 Å². The molecule has 0 heterocycles. The van der Waals surface area contributed by atoms with Crippen LogP contribution in [-0.2, 0) is 11.2 Å². The minimum absolute atomic E-state index is 0.190. The summed E-state index contributed by atoms with van der Waals surface area (Å²) in [7, 11) is 0. The second-order valence-corrected chi connectivity index (χ2v) is 6.70. The van der Waals surface area contributed by atoms with Crippen LogP contribution in [0.25, 0.3) is 0 Å². The van der Waals surface area contributed by atoms with Crippen molar-refractivity contribution in [1.29, 1.82) is 0 Å². The van der Waals surface area contributed by atoms with Gasteiger partial charge in [0.2, 0.25) is 5.91 Å². The summed E-state index contributed by atoms with van der Waals surface area (Å²) in [5, 5.41) is 12.5. The van der Waals surface area contributed by atoms with E-state index in [1.54, 1.807) is 6.92 Å². The molecule has 0 spiro atoms. The Bertz CT molecular complexity index is 452. The zero-order valence-corrected chi connectivity index (χ0v) is 13.1. The number of carbonyl (C=O) groups excluding carboxylic acids is 1. The molecule has 1 aliphatic rings. The normalized spacial score (nSPS) is 19.4. The summed E-state index contributed by atoms with van der Waals surface area (Å²) in [6, 6.07) is 10.3. The van der Waals surface area contributed by atoms with E-state index in [4.69, 9.17) is 0 Å². The van der Waals surface area contributed by atoms with Crippen LogP contribution in [0.15, 0.2) is 30.3 Å². The van der Waals surface area contributed by atoms with Gasteiger partial charge in [-0.1, -0.05) is 43.7 Å². The monoisotopic (exact) mass is 289 g/mol. The highest BCUT2D eigenvalue weighted by molar-refractivity contribution is 5.83. The third-order valence-electron chi connectivity index (χ3n) is 4.53. The van der Waals surface area contributed by atoms with Crippen LogP contribution in [0.3, 0.4) is 0 Å². The fourth-order valence-corrected chi connectivity index (χ4v) is 3.19.